The normalized spacial score (nSPS) is 11.9. The van der Waals surface area contributed by atoms with Gasteiger partial charge >= 0.3 is 0 Å². The van der Waals surface area contributed by atoms with Crippen molar-refractivity contribution in [3.63, 3.8) is 0 Å². The lowest BCUT2D eigenvalue weighted by molar-refractivity contribution is 0.191. The predicted octanol–water partition coefficient (Wildman–Crippen LogP) is 2.67. The van der Waals surface area contributed by atoms with E-state index in [9.17, 15) is 8.78 Å². The second kappa shape index (κ2) is 6.16. The number of hydrogen-bond donors (Lipinski definition) is 1. The first-order chi connectivity index (χ1) is 8.10. The maximum absolute atomic E-state index is 13.5. The molecule has 0 saturated heterocycles. The van der Waals surface area contributed by atoms with Crippen molar-refractivity contribution in [2.24, 2.45) is 0 Å². The highest BCUT2D eigenvalue weighted by Gasteiger charge is 2.14. The summed E-state index contributed by atoms with van der Waals surface area (Å²) in [6, 6.07) is 4.16. The molecule has 0 heterocycles. The highest BCUT2D eigenvalue weighted by molar-refractivity contribution is 5.50. The van der Waals surface area contributed by atoms with Gasteiger partial charge in [-0.25, -0.2) is 8.78 Å². The standard InChI is InChI=1S/C12H14F2N2O/c1-8(5-6-17-2)16-10-4-3-9(7-15)11(13)12(10)14/h3-4,8,16H,5-6H2,1-2H3. The molecule has 0 aromatic heterocycles. The summed E-state index contributed by atoms with van der Waals surface area (Å²) in [5.41, 5.74) is -0.234. The van der Waals surface area contributed by atoms with Crippen LogP contribution in [0.15, 0.2) is 12.1 Å². The Kier molecular flexibility index (Phi) is 4.85. The molecule has 1 N–H and O–H groups in total. The minimum Gasteiger partial charge on any atom is -0.385 e. The van der Waals surface area contributed by atoms with Crippen LogP contribution >= 0.6 is 0 Å². The third kappa shape index (κ3) is 3.40. The second-order valence-electron chi connectivity index (χ2n) is 3.73. The number of nitrogens with one attached hydrogen (secondary N) is 1. The minimum atomic E-state index is -1.11. The lowest BCUT2D eigenvalue weighted by atomic mass is 10.1. The summed E-state index contributed by atoms with van der Waals surface area (Å²) < 4.78 is 31.7. The summed E-state index contributed by atoms with van der Waals surface area (Å²) in [4.78, 5) is 0. The largest absolute Gasteiger partial charge is 0.385 e. The summed E-state index contributed by atoms with van der Waals surface area (Å²) in [5.74, 6) is -2.13. The summed E-state index contributed by atoms with van der Waals surface area (Å²) >= 11 is 0. The average molecular weight is 240 g/mol. The number of nitriles is 1. The zero-order valence-corrected chi connectivity index (χ0v) is 9.76. The lowest BCUT2D eigenvalue weighted by Gasteiger charge is -2.15. The van der Waals surface area contributed by atoms with Crippen molar-refractivity contribution >= 4 is 5.69 Å². The summed E-state index contributed by atoms with van der Waals surface area (Å²) in [6.07, 6.45) is 0.678. The predicted molar refractivity (Wildman–Crippen MR) is 60.7 cm³/mol. The third-order valence-electron chi connectivity index (χ3n) is 2.36. The van der Waals surface area contributed by atoms with Crippen molar-refractivity contribution in [1.82, 2.24) is 0 Å². The molecule has 0 saturated carbocycles. The van der Waals surface area contributed by atoms with Gasteiger partial charge in [-0.05, 0) is 25.5 Å². The third-order valence-corrected chi connectivity index (χ3v) is 2.36. The number of methoxy groups -OCH3 is 1. The molecule has 0 radical (unpaired) electrons. The highest BCUT2D eigenvalue weighted by Crippen LogP contribution is 2.21. The molecule has 0 bridgehead atoms. The smallest absolute Gasteiger partial charge is 0.183 e. The Morgan fingerprint density at radius 3 is 2.71 bits per heavy atom. The Labute approximate surface area is 99.0 Å². The molecule has 92 valence electrons. The Morgan fingerprint density at radius 1 is 1.41 bits per heavy atom. The molecule has 3 nitrogen and oxygen atoms in total. The van der Waals surface area contributed by atoms with E-state index >= 15 is 0 Å². The van der Waals surface area contributed by atoms with E-state index in [1.807, 2.05) is 6.92 Å². The Morgan fingerprint density at radius 2 is 2.12 bits per heavy atom. The number of hydrogen-bond acceptors (Lipinski definition) is 3. The molecular formula is C12H14F2N2O. The number of ether oxygens (including phenoxy) is 1. The molecule has 0 aliphatic rings. The van der Waals surface area contributed by atoms with Crippen LogP contribution in [-0.2, 0) is 4.74 Å². The zero-order chi connectivity index (χ0) is 12.8. The monoisotopic (exact) mass is 240 g/mol. The van der Waals surface area contributed by atoms with Gasteiger partial charge in [-0.2, -0.15) is 5.26 Å². The molecule has 5 heteroatoms. The van der Waals surface area contributed by atoms with E-state index < -0.39 is 11.6 Å². The van der Waals surface area contributed by atoms with E-state index in [0.29, 0.717) is 13.0 Å². The van der Waals surface area contributed by atoms with Crippen LogP contribution in [0.1, 0.15) is 18.9 Å². The Hall–Kier alpha value is -1.67. The molecule has 0 aliphatic heterocycles. The fourth-order valence-corrected chi connectivity index (χ4v) is 1.38. The molecule has 0 amide bonds. The molecule has 17 heavy (non-hydrogen) atoms. The molecule has 1 rings (SSSR count). The molecule has 0 aliphatic carbocycles. The van der Waals surface area contributed by atoms with Gasteiger partial charge in [0.2, 0.25) is 0 Å². The average Bonchev–Trinajstić information content (AvgIpc) is 2.33. The fourth-order valence-electron chi connectivity index (χ4n) is 1.38. The van der Waals surface area contributed by atoms with Crippen molar-refractivity contribution in [3.05, 3.63) is 29.3 Å². The summed E-state index contributed by atoms with van der Waals surface area (Å²) in [7, 11) is 1.58. The molecule has 1 atom stereocenters. The number of nitrogens with zero attached hydrogens (tertiary/aromatic N) is 1. The lowest BCUT2D eigenvalue weighted by Crippen LogP contribution is -2.18. The van der Waals surface area contributed by atoms with E-state index in [0.717, 1.165) is 0 Å². The van der Waals surface area contributed by atoms with Gasteiger partial charge in [-0.3, -0.25) is 0 Å². The first kappa shape index (κ1) is 13.4. The van der Waals surface area contributed by atoms with E-state index in [1.54, 1.807) is 13.2 Å². The van der Waals surface area contributed by atoms with Gasteiger partial charge < -0.3 is 10.1 Å². The van der Waals surface area contributed by atoms with Crippen LogP contribution in [-0.4, -0.2) is 19.8 Å². The number of halogens is 2. The second-order valence-corrected chi connectivity index (χ2v) is 3.73. The van der Waals surface area contributed by atoms with Crippen molar-refractivity contribution in [1.29, 1.82) is 5.26 Å². The van der Waals surface area contributed by atoms with Gasteiger partial charge in [0.25, 0.3) is 0 Å². The number of anilines is 1. The maximum atomic E-state index is 13.5. The van der Waals surface area contributed by atoms with Gasteiger partial charge in [-0.15, -0.1) is 0 Å². The fraction of sp³-hybridized carbons (Fsp3) is 0.417. The molecule has 1 unspecified atom stereocenters. The van der Waals surface area contributed by atoms with Crippen LogP contribution in [0.3, 0.4) is 0 Å². The number of benzene rings is 1. The van der Waals surface area contributed by atoms with Crippen LogP contribution < -0.4 is 5.32 Å². The van der Waals surface area contributed by atoms with Gasteiger partial charge in [0.05, 0.1) is 11.3 Å². The first-order valence-corrected chi connectivity index (χ1v) is 5.23. The molecule has 0 spiro atoms. The highest BCUT2D eigenvalue weighted by atomic mass is 19.2. The zero-order valence-electron chi connectivity index (χ0n) is 9.76. The Bertz CT molecular complexity index is 429. The Balaban J connectivity index is 2.79. The van der Waals surface area contributed by atoms with Crippen molar-refractivity contribution in [2.45, 2.75) is 19.4 Å². The van der Waals surface area contributed by atoms with E-state index in [-0.39, 0.29) is 17.3 Å². The summed E-state index contributed by atoms with van der Waals surface area (Å²) in [6.45, 7) is 2.38. The maximum Gasteiger partial charge on any atom is 0.183 e. The SMILES string of the molecule is COCCC(C)Nc1ccc(C#N)c(F)c1F. The van der Waals surface area contributed by atoms with Crippen molar-refractivity contribution < 1.29 is 13.5 Å². The molecule has 0 fully saturated rings. The van der Waals surface area contributed by atoms with Crippen LogP contribution in [0, 0.1) is 23.0 Å². The van der Waals surface area contributed by atoms with Gasteiger partial charge in [-0.1, -0.05) is 0 Å². The van der Waals surface area contributed by atoms with Gasteiger partial charge in [0, 0.05) is 19.8 Å². The topological polar surface area (TPSA) is 45.0 Å². The van der Waals surface area contributed by atoms with Crippen LogP contribution in [0.25, 0.3) is 0 Å². The van der Waals surface area contributed by atoms with Gasteiger partial charge in [0.15, 0.2) is 11.6 Å². The van der Waals surface area contributed by atoms with Crippen molar-refractivity contribution in [2.75, 3.05) is 19.0 Å². The minimum absolute atomic E-state index is 0.0446. The molecular weight excluding hydrogens is 226 g/mol. The molecule has 1 aromatic rings. The van der Waals surface area contributed by atoms with Crippen LogP contribution in [0.2, 0.25) is 0 Å². The van der Waals surface area contributed by atoms with Crippen molar-refractivity contribution in [3.8, 4) is 6.07 Å². The van der Waals surface area contributed by atoms with Crippen LogP contribution in [0.4, 0.5) is 14.5 Å². The van der Waals surface area contributed by atoms with Crippen LogP contribution in [0.5, 0.6) is 0 Å². The summed E-state index contributed by atoms with van der Waals surface area (Å²) in [5, 5.41) is 11.4. The quantitative estimate of drug-likeness (QED) is 0.860. The van der Waals surface area contributed by atoms with Gasteiger partial charge in [0.1, 0.15) is 6.07 Å². The molecule has 1 aromatic carbocycles. The van der Waals surface area contributed by atoms with E-state index in [2.05, 4.69) is 5.32 Å². The van der Waals surface area contributed by atoms with E-state index in [1.165, 1.54) is 12.1 Å². The first-order valence-electron chi connectivity index (χ1n) is 5.23. The van der Waals surface area contributed by atoms with E-state index in [4.69, 9.17) is 10.00 Å². The number of rotatable bonds is 5.